The van der Waals surface area contributed by atoms with E-state index in [0.29, 0.717) is 17.3 Å². The van der Waals surface area contributed by atoms with Crippen molar-refractivity contribution in [2.75, 3.05) is 0 Å². The summed E-state index contributed by atoms with van der Waals surface area (Å²) in [4.78, 5) is 19.3. The van der Waals surface area contributed by atoms with Gasteiger partial charge in [0.1, 0.15) is 0 Å². The molecule has 0 aliphatic heterocycles. The van der Waals surface area contributed by atoms with Gasteiger partial charge in [0.05, 0.1) is 11.1 Å². The molecule has 0 unspecified atom stereocenters. The van der Waals surface area contributed by atoms with Crippen LogP contribution in [0.15, 0.2) is 47.1 Å². The normalized spacial score (nSPS) is 10.5. The van der Waals surface area contributed by atoms with Crippen molar-refractivity contribution in [2.45, 2.75) is 6.92 Å². The number of hydrogen-bond acceptors (Lipinski definition) is 5. The Morgan fingerprint density at radius 3 is 2.43 bits per heavy atom. The maximum absolute atomic E-state index is 10.8. The van der Waals surface area contributed by atoms with Crippen LogP contribution >= 0.6 is 0 Å². The summed E-state index contributed by atoms with van der Waals surface area (Å²) in [7, 11) is 0. The topological polar surface area (TPSA) is 89.1 Å². The van der Waals surface area contributed by atoms with Gasteiger partial charge in [-0.25, -0.2) is 4.79 Å². The van der Waals surface area contributed by atoms with Gasteiger partial charge < -0.3 is 9.63 Å². The van der Waals surface area contributed by atoms with Crippen LogP contribution in [-0.4, -0.2) is 26.2 Å². The third-order valence-electron chi connectivity index (χ3n) is 2.97. The van der Waals surface area contributed by atoms with E-state index in [0.717, 1.165) is 11.3 Å². The minimum Gasteiger partial charge on any atom is -0.478 e. The molecule has 3 rings (SSSR count). The first-order chi connectivity index (χ1) is 10.1. The maximum atomic E-state index is 10.8. The highest BCUT2D eigenvalue weighted by atomic mass is 16.5. The monoisotopic (exact) mass is 281 g/mol. The molecule has 3 aromatic rings. The van der Waals surface area contributed by atoms with E-state index >= 15 is 0 Å². The Morgan fingerprint density at radius 1 is 1.10 bits per heavy atom. The Morgan fingerprint density at radius 2 is 1.81 bits per heavy atom. The minimum atomic E-state index is -0.971. The van der Waals surface area contributed by atoms with Gasteiger partial charge in [0, 0.05) is 17.5 Å². The molecule has 0 amide bonds. The number of hydrogen-bond donors (Lipinski definition) is 1. The zero-order chi connectivity index (χ0) is 14.8. The van der Waals surface area contributed by atoms with Gasteiger partial charge in [-0.2, -0.15) is 4.98 Å². The fraction of sp³-hybridized carbons (Fsp3) is 0.0667. The zero-order valence-corrected chi connectivity index (χ0v) is 11.1. The number of carboxylic acids is 1. The molecule has 0 bridgehead atoms. The molecule has 2 heterocycles. The quantitative estimate of drug-likeness (QED) is 0.794. The first-order valence-electron chi connectivity index (χ1n) is 6.24. The average molecular weight is 281 g/mol. The molecule has 0 saturated carbocycles. The summed E-state index contributed by atoms with van der Waals surface area (Å²) >= 11 is 0. The van der Waals surface area contributed by atoms with E-state index < -0.39 is 5.97 Å². The van der Waals surface area contributed by atoms with E-state index in [2.05, 4.69) is 15.1 Å². The highest BCUT2D eigenvalue weighted by molar-refractivity contribution is 5.88. The van der Waals surface area contributed by atoms with Crippen LogP contribution in [-0.2, 0) is 0 Å². The summed E-state index contributed by atoms with van der Waals surface area (Å²) in [5, 5.41) is 12.8. The van der Waals surface area contributed by atoms with Crippen LogP contribution in [0.3, 0.4) is 0 Å². The van der Waals surface area contributed by atoms with Crippen LogP contribution in [0, 0.1) is 6.92 Å². The second-order valence-electron chi connectivity index (χ2n) is 4.49. The summed E-state index contributed by atoms with van der Waals surface area (Å²) in [5.41, 5.74) is 2.55. The van der Waals surface area contributed by atoms with Crippen molar-refractivity contribution >= 4 is 5.97 Å². The molecule has 0 aliphatic carbocycles. The molecule has 0 atom stereocenters. The van der Waals surface area contributed by atoms with Crippen LogP contribution < -0.4 is 0 Å². The minimum absolute atomic E-state index is 0.213. The maximum Gasteiger partial charge on any atom is 0.335 e. The second-order valence-corrected chi connectivity index (χ2v) is 4.49. The van der Waals surface area contributed by atoms with Crippen LogP contribution in [0.1, 0.15) is 16.1 Å². The van der Waals surface area contributed by atoms with Crippen LogP contribution in [0.5, 0.6) is 0 Å². The van der Waals surface area contributed by atoms with E-state index in [1.807, 2.05) is 19.1 Å². The predicted molar refractivity (Wildman–Crippen MR) is 74.7 cm³/mol. The number of pyridine rings is 1. The van der Waals surface area contributed by atoms with Crippen molar-refractivity contribution in [3.8, 4) is 22.8 Å². The van der Waals surface area contributed by atoms with E-state index in [1.165, 1.54) is 12.1 Å². The Balaban J connectivity index is 1.90. The molecule has 1 aromatic carbocycles. The van der Waals surface area contributed by atoms with Crippen molar-refractivity contribution < 1.29 is 14.4 Å². The van der Waals surface area contributed by atoms with Crippen molar-refractivity contribution in [2.24, 2.45) is 0 Å². The molecule has 0 spiro atoms. The first kappa shape index (κ1) is 13.0. The van der Waals surface area contributed by atoms with Crippen molar-refractivity contribution in [1.82, 2.24) is 15.1 Å². The average Bonchev–Trinajstić information content (AvgIpc) is 2.98. The van der Waals surface area contributed by atoms with Crippen molar-refractivity contribution in [1.29, 1.82) is 0 Å². The van der Waals surface area contributed by atoms with Gasteiger partial charge in [0.25, 0.3) is 5.89 Å². The van der Waals surface area contributed by atoms with Gasteiger partial charge in [-0.1, -0.05) is 17.3 Å². The molecule has 2 aromatic heterocycles. The van der Waals surface area contributed by atoms with Gasteiger partial charge in [0.2, 0.25) is 5.82 Å². The fourth-order valence-corrected chi connectivity index (χ4v) is 1.81. The van der Waals surface area contributed by atoms with Crippen molar-refractivity contribution in [3.05, 3.63) is 53.9 Å². The smallest absolute Gasteiger partial charge is 0.335 e. The van der Waals surface area contributed by atoms with Gasteiger partial charge in [-0.05, 0) is 31.2 Å². The molecular formula is C15H11N3O3. The molecular weight excluding hydrogens is 270 g/mol. The number of nitrogens with zero attached hydrogens (tertiary/aromatic N) is 3. The number of rotatable bonds is 3. The van der Waals surface area contributed by atoms with E-state index in [-0.39, 0.29) is 5.56 Å². The molecule has 0 saturated heterocycles. The number of aryl methyl sites for hydroxylation is 1. The van der Waals surface area contributed by atoms with Gasteiger partial charge in [-0.15, -0.1) is 0 Å². The number of carbonyl (C=O) groups is 1. The molecule has 21 heavy (non-hydrogen) atoms. The van der Waals surface area contributed by atoms with E-state index in [1.54, 1.807) is 18.3 Å². The first-order valence-corrected chi connectivity index (χ1v) is 6.24. The van der Waals surface area contributed by atoms with Crippen LogP contribution in [0.25, 0.3) is 22.8 Å². The lowest BCUT2D eigenvalue weighted by atomic mass is 10.1. The summed E-state index contributed by atoms with van der Waals surface area (Å²) in [6.07, 6.45) is 1.67. The standard InChI is InChI=1S/C15H11N3O3/c1-9-2-3-12(8-16-9)14-17-13(18-21-14)10-4-6-11(7-5-10)15(19)20/h2-8H,1H3,(H,19,20). The van der Waals surface area contributed by atoms with Crippen molar-refractivity contribution in [3.63, 3.8) is 0 Å². The molecule has 0 fully saturated rings. The summed E-state index contributed by atoms with van der Waals surface area (Å²) in [6, 6.07) is 10.0. The highest BCUT2D eigenvalue weighted by Crippen LogP contribution is 2.22. The molecule has 0 radical (unpaired) electrons. The SMILES string of the molecule is Cc1ccc(-c2nc(-c3ccc(C(=O)O)cc3)no2)cn1. The number of benzene rings is 1. The van der Waals surface area contributed by atoms with Crippen LogP contribution in [0.4, 0.5) is 0 Å². The Bertz CT molecular complexity index is 777. The Kier molecular flexibility index (Phi) is 3.19. The summed E-state index contributed by atoms with van der Waals surface area (Å²) in [6.45, 7) is 1.90. The Labute approximate surface area is 120 Å². The lowest BCUT2D eigenvalue weighted by Gasteiger charge is -1.96. The Hall–Kier alpha value is -3.02. The molecule has 6 nitrogen and oxygen atoms in total. The lowest BCUT2D eigenvalue weighted by Crippen LogP contribution is -1.95. The van der Waals surface area contributed by atoms with E-state index in [4.69, 9.17) is 9.63 Å². The fourth-order valence-electron chi connectivity index (χ4n) is 1.81. The largest absolute Gasteiger partial charge is 0.478 e. The summed E-state index contributed by atoms with van der Waals surface area (Å²) in [5.74, 6) is -0.191. The molecule has 1 N–H and O–H groups in total. The molecule has 104 valence electrons. The summed E-state index contributed by atoms with van der Waals surface area (Å²) < 4.78 is 5.21. The number of aromatic nitrogens is 3. The third-order valence-corrected chi connectivity index (χ3v) is 2.97. The highest BCUT2D eigenvalue weighted by Gasteiger charge is 2.11. The number of aromatic carboxylic acids is 1. The zero-order valence-electron chi connectivity index (χ0n) is 11.1. The van der Waals surface area contributed by atoms with Gasteiger partial charge >= 0.3 is 5.97 Å². The third kappa shape index (κ3) is 2.64. The molecule has 6 heteroatoms. The predicted octanol–water partition coefficient (Wildman–Crippen LogP) is 2.81. The lowest BCUT2D eigenvalue weighted by molar-refractivity contribution is 0.0697. The van der Waals surface area contributed by atoms with Crippen LogP contribution in [0.2, 0.25) is 0 Å². The van der Waals surface area contributed by atoms with Gasteiger partial charge in [0.15, 0.2) is 0 Å². The van der Waals surface area contributed by atoms with Gasteiger partial charge in [-0.3, -0.25) is 4.98 Å². The van der Waals surface area contributed by atoms with E-state index in [9.17, 15) is 4.79 Å². The molecule has 0 aliphatic rings. The second kappa shape index (κ2) is 5.16. The number of carboxylic acid groups (broad SMARTS) is 1.